The lowest BCUT2D eigenvalue weighted by Crippen LogP contribution is -2.34. The van der Waals surface area contributed by atoms with E-state index >= 15 is 0 Å². The molecule has 0 amide bonds. The molecule has 0 saturated carbocycles. The largest absolute Gasteiger partial charge is 0.402 e. The van der Waals surface area contributed by atoms with Gasteiger partial charge in [-0.3, -0.25) is 5.10 Å². The van der Waals surface area contributed by atoms with Gasteiger partial charge >= 0.3 is 6.18 Å². The third-order valence-corrected chi connectivity index (χ3v) is 3.49. The number of alkyl halides is 3. The van der Waals surface area contributed by atoms with Gasteiger partial charge in [-0.2, -0.15) is 18.3 Å². The van der Waals surface area contributed by atoms with Gasteiger partial charge in [0, 0.05) is 6.54 Å². The summed E-state index contributed by atoms with van der Waals surface area (Å²) in [4.78, 5) is -0.329. The molecule has 0 unspecified atom stereocenters. The van der Waals surface area contributed by atoms with Crippen molar-refractivity contribution in [2.75, 3.05) is 6.54 Å². The van der Waals surface area contributed by atoms with E-state index in [0.29, 0.717) is 0 Å². The third-order valence-electron chi connectivity index (χ3n) is 1.89. The first-order valence-corrected chi connectivity index (χ1v) is 5.96. The number of rotatable bonds is 4. The predicted octanol–water partition coefficient (Wildman–Crippen LogP) is 0.0174. The Balaban J connectivity index is 3.01. The first-order chi connectivity index (χ1) is 7.67. The fourth-order valence-electron chi connectivity index (χ4n) is 1.21. The zero-order valence-corrected chi connectivity index (χ0v) is 9.61. The van der Waals surface area contributed by atoms with Crippen LogP contribution in [0.1, 0.15) is 11.4 Å². The Hall–Kier alpha value is -1.13. The minimum Gasteiger partial charge on any atom is -0.325 e. The maximum absolute atomic E-state index is 11.9. The smallest absolute Gasteiger partial charge is 0.325 e. The number of H-pyrrole nitrogens is 1. The van der Waals surface area contributed by atoms with Gasteiger partial charge < -0.3 is 5.73 Å². The van der Waals surface area contributed by atoms with Crippen LogP contribution >= 0.6 is 0 Å². The van der Waals surface area contributed by atoms with E-state index in [0.717, 1.165) is 0 Å². The van der Waals surface area contributed by atoms with E-state index in [4.69, 9.17) is 5.73 Å². The first-order valence-electron chi connectivity index (χ1n) is 4.47. The second-order valence-electron chi connectivity index (χ2n) is 3.27. The lowest BCUT2D eigenvalue weighted by Gasteiger charge is -2.09. The molecular formula is C7H11F3N4O2S. The number of aromatic nitrogens is 2. The Bertz CT molecular complexity index is 494. The summed E-state index contributed by atoms with van der Waals surface area (Å²) >= 11 is 0. The van der Waals surface area contributed by atoms with Gasteiger partial charge in [-0.1, -0.05) is 0 Å². The number of halogens is 3. The van der Waals surface area contributed by atoms with Gasteiger partial charge in [-0.25, -0.2) is 13.1 Å². The van der Waals surface area contributed by atoms with Gasteiger partial charge in [0.2, 0.25) is 10.0 Å². The first kappa shape index (κ1) is 13.9. The van der Waals surface area contributed by atoms with Gasteiger partial charge in [0.1, 0.15) is 11.4 Å². The molecule has 1 aromatic heterocycles. The molecule has 98 valence electrons. The highest BCUT2D eigenvalue weighted by Gasteiger charge is 2.32. The Labute approximate surface area is 95.4 Å². The van der Waals surface area contributed by atoms with Crippen LogP contribution in [0.4, 0.5) is 13.2 Å². The molecule has 6 nitrogen and oxygen atoms in total. The maximum atomic E-state index is 11.9. The topological polar surface area (TPSA) is 101 Å². The molecule has 1 rings (SSSR count). The van der Waals surface area contributed by atoms with E-state index in [1.54, 1.807) is 0 Å². The molecule has 10 heteroatoms. The van der Waals surface area contributed by atoms with Crippen LogP contribution in [0.15, 0.2) is 4.90 Å². The van der Waals surface area contributed by atoms with E-state index < -0.39 is 22.7 Å². The lowest BCUT2D eigenvalue weighted by atomic mass is 10.4. The highest BCUT2D eigenvalue weighted by atomic mass is 32.2. The van der Waals surface area contributed by atoms with E-state index in [-0.39, 0.29) is 22.8 Å². The zero-order valence-electron chi connectivity index (χ0n) is 8.80. The fourth-order valence-corrected chi connectivity index (χ4v) is 2.60. The van der Waals surface area contributed by atoms with Crippen LogP contribution in [-0.4, -0.2) is 31.3 Å². The standard InChI is InChI=1S/C7H11F3N4O2S/c1-4-6(5(2-11)14-13-4)17(15,16)12-3-7(8,9)10/h12H,2-3,11H2,1H3,(H,13,14). The predicted molar refractivity (Wildman–Crippen MR) is 52.5 cm³/mol. The summed E-state index contributed by atoms with van der Waals surface area (Å²) in [6.45, 7) is -0.440. The van der Waals surface area contributed by atoms with Crippen molar-refractivity contribution in [3.63, 3.8) is 0 Å². The van der Waals surface area contributed by atoms with Crippen LogP contribution in [0.5, 0.6) is 0 Å². The molecule has 0 aliphatic rings. The van der Waals surface area contributed by atoms with E-state index in [1.165, 1.54) is 11.6 Å². The number of nitrogens with zero attached hydrogens (tertiary/aromatic N) is 1. The minimum absolute atomic E-state index is 0.00262. The quantitative estimate of drug-likeness (QED) is 0.719. The monoisotopic (exact) mass is 272 g/mol. The second-order valence-corrected chi connectivity index (χ2v) is 4.97. The maximum Gasteiger partial charge on any atom is 0.402 e. The molecule has 0 aliphatic carbocycles. The molecule has 4 N–H and O–H groups in total. The van der Waals surface area contributed by atoms with Gasteiger partial charge in [0.25, 0.3) is 0 Å². The van der Waals surface area contributed by atoms with Crippen LogP contribution in [0.25, 0.3) is 0 Å². The molecule has 17 heavy (non-hydrogen) atoms. The minimum atomic E-state index is -4.62. The van der Waals surface area contributed by atoms with Crippen molar-refractivity contribution in [3.05, 3.63) is 11.4 Å². The van der Waals surface area contributed by atoms with E-state index in [1.807, 2.05) is 0 Å². The highest BCUT2D eigenvalue weighted by Crippen LogP contribution is 2.19. The zero-order chi connectivity index (χ0) is 13.3. The van der Waals surface area contributed by atoms with Gasteiger partial charge in [0.15, 0.2) is 0 Å². The van der Waals surface area contributed by atoms with Crippen LogP contribution in [-0.2, 0) is 16.6 Å². The number of nitrogens with one attached hydrogen (secondary N) is 2. The number of sulfonamides is 1. The molecule has 1 heterocycles. The molecule has 0 aliphatic heterocycles. The summed E-state index contributed by atoms with van der Waals surface area (Å²) < 4.78 is 60.5. The summed E-state index contributed by atoms with van der Waals surface area (Å²) in [7, 11) is -4.27. The van der Waals surface area contributed by atoms with Crippen molar-refractivity contribution in [3.8, 4) is 0 Å². The number of aryl methyl sites for hydroxylation is 1. The molecular weight excluding hydrogens is 261 g/mol. The average Bonchev–Trinajstić information content (AvgIpc) is 2.56. The Morgan fingerprint density at radius 3 is 2.53 bits per heavy atom. The third kappa shape index (κ3) is 3.41. The number of aromatic amines is 1. The van der Waals surface area contributed by atoms with Crippen molar-refractivity contribution in [1.82, 2.24) is 14.9 Å². The Morgan fingerprint density at radius 1 is 1.47 bits per heavy atom. The average molecular weight is 272 g/mol. The van der Waals surface area contributed by atoms with Crippen molar-refractivity contribution < 1.29 is 21.6 Å². The van der Waals surface area contributed by atoms with Crippen molar-refractivity contribution in [1.29, 1.82) is 0 Å². The molecule has 0 aromatic carbocycles. The summed E-state index contributed by atoms with van der Waals surface area (Å²) in [6.07, 6.45) is -4.62. The molecule has 0 bridgehead atoms. The summed E-state index contributed by atoms with van der Waals surface area (Å²) in [5, 5.41) is 5.96. The molecule has 1 aromatic rings. The molecule has 0 spiro atoms. The lowest BCUT2D eigenvalue weighted by molar-refractivity contribution is -0.121. The van der Waals surface area contributed by atoms with E-state index in [9.17, 15) is 21.6 Å². The Morgan fingerprint density at radius 2 is 2.06 bits per heavy atom. The SMILES string of the molecule is Cc1[nH]nc(CN)c1S(=O)(=O)NCC(F)(F)F. The molecule has 0 fully saturated rings. The van der Waals surface area contributed by atoms with Gasteiger partial charge in [0.05, 0.1) is 11.4 Å². The van der Waals surface area contributed by atoms with Crippen molar-refractivity contribution in [2.24, 2.45) is 5.73 Å². The molecule has 0 saturated heterocycles. The van der Waals surface area contributed by atoms with Crippen LogP contribution in [0.2, 0.25) is 0 Å². The molecule has 0 atom stereocenters. The Kier molecular flexibility index (Phi) is 3.79. The van der Waals surface area contributed by atoms with Crippen molar-refractivity contribution in [2.45, 2.75) is 24.5 Å². The summed E-state index contributed by atoms with van der Waals surface area (Å²) in [5.41, 5.74) is 5.38. The van der Waals surface area contributed by atoms with Crippen molar-refractivity contribution >= 4 is 10.0 Å². The normalized spacial score (nSPS) is 13.0. The fraction of sp³-hybridized carbons (Fsp3) is 0.571. The number of hydrogen-bond acceptors (Lipinski definition) is 4. The van der Waals surface area contributed by atoms with Crippen LogP contribution in [0, 0.1) is 6.92 Å². The van der Waals surface area contributed by atoms with Crippen LogP contribution in [0.3, 0.4) is 0 Å². The summed E-state index contributed by atoms with van der Waals surface area (Å²) in [6, 6.07) is 0. The van der Waals surface area contributed by atoms with E-state index in [2.05, 4.69) is 10.2 Å². The second kappa shape index (κ2) is 4.63. The molecule has 0 radical (unpaired) electrons. The number of hydrogen-bond donors (Lipinski definition) is 3. The summed E-state index contributed by atoms with van der Waals surface area (Å²) in [5.74, 6) is 0. The van der Waals surface area contributed by atoms with Gasteiger partial charge in [-0.05, 0) is 6.92 Å². The highest BCUT2D eigenvalue weighted by molar-refractivity contribution is 7.89. The number of nitrogens with two attached hydrogens (primary N) is 1. The van der Waals surface area contributed by atoms with Gasteiger partial charge in [-0.15, -0.1) is 0 Å². The van der Waals surface area contributed by atoms with Crippen LogP contribution < -0.4 is 10.5 Å².